The molecule has 0 bridgehead atoms. The Morgan fingerprint density at radius 3 is 2.67 bits per heavy atom. The van der Waals surface area contributed by atoms with Gasteiger partial charge in [0.1, 0.15) is 5.75 Å². The van der Waals surface area contributed by atoms with Gasteiger partial charge in [-0.3, -0.25) is 4.79 Å². The Bertz CT molecular complexity index is 1750. The summed E-state index contributed by atoms with van der Waals surface area (Å²) < 4.78 is 35.5. The fourth-order valence-electron chi connectivity index (χ4n) is 6.01. The number of aromatic nitrogens is 1. The van der Waals surface area contributed by atoms with E-state index in [0.717, 1.165) is 45.5 Å². The maximum absolute atomic E-state index is 13.2. The Morgan fingerprint density at radius 1 is 1.21 bits per heavy atom. The molecule has 202 valence electrons. The van der Waals surface area contributed by atoms with Gasteiger partial charge in [0.05, 0.1) is 18.1 Å². The van der Waals surface area contributed by atoms with Crippen molar-refractivity contribution in [2.24, 2.45) is 5.41 Å². The van der Waals surface area contributed by atoms with Crippen molar-refractivity contribution in [3.63, 3.8) is 0 Å². The van der Waals surface area contributed by atoms with E-state index >= 15 is 0 Å². The second-order valence-electron chi connectivity index (χ2n) is 10.7. The van der Waals surface area contributed by atoms with Crippen molar-refractivity contribution < 1.29 is 19.4 Å². The van der Waals surface area contributed by atoms with E-state index in [1.54, 1.807) is 27.0 Å². The highest BCUT2D eigenvalue weighted by Gasteiger charge is 2.55. The predicted octanol–water partition coefficient (Wildman–Crippen LogP) is 6.76. The number of methoxy groups -OCH3 is 1. The van der Waals surface area contributed by atoms with Crippen LogP contribution < -0.4 is 9.46 Å². The molecule has 2 heterocycles. The number of hydrogen-bond acceptors (Lipinski definition) is 4. The summed E-state index contributed by atoms with van der Waals surface area (Å²) in [6.45, 7) is 8.31. The second kappa shape index (κ2) is 9.12. The first kappa shape index (κ1) is 25.4. The molecule has 2 aliphatic rings. The van der Waals surface area contributed by atoms with Gasteiger partial charge in [-0.25, -0.2) is 13.1 Å². The normalized spacial score (nSPS) is 20.2. The van der Waals surface area contributed by atoms with E-state index in [1.807, 2.05) is 36.4 Å². The van der Waals surface area contributed by atoms with Crippen LogP contribution in [-0.4, -0.2) is 31.3 Å². The lowest BCUT2D eigenvalue weighted by molar-refractivity contribution is 0.0981. The van der Waals surface area contributed by atoms with Crippen LogP contribution in [0.3, 0.4) is 0 Å². The van der Waals surface area contributed by atoms with Crippen molar-refractivity contribution in [3.8, 4) is 28.1 Å². The van der Waals surface area contributed by atoms with Crippen LogP contribution >= 0.6 is 0 Å². The van der Waals surface area contributed by atoms with Crippen molar-refractivity contribution >= 4 is 26.8 Å². The van der Waals surface area contributed by atoms with E-state index in [9.17, 15) is 13.2 Å². The van der Waals surface area contributed by atoms with Gasteiger partial charge in [-0.2, -0.15) is 0 Å². The van der Waals surface area contributed by atoms with Crippen molar-refractivity contribution in [1.29, 1.82) is 0 Å². The number of rotatable bonds is 7. The molecule has 0 spiro atoms. The maximum Gasteiger partial charge on any atom is 0.264 e. The molecule has 6 rings (SSSR count). The van der Waals surface area contributed by atoms with Gasteiger partial charge in [0.2, 0.25) is 10.0 Å². The average molecular weight is 543 g/mol. The highest BCUT2D eigenvalue weighted by Crippen LogP contribution is 2.66. The van der Waals surface area contributed by atoms with Crippen molar-refractivity contribution in [2.75, 3.05) is 7.11 Å². The van der Waals surface area contributed by atoms with Gasteiger partial charge in [-0.15, -0.1) is 6.58 Å². The smallest absolute Gasteiger partial charge is 0.264 e. The molecule has 1 saturated carbocycles. The van der Waals surface area contributed by atoms with Gasteiger partial charge in [0.15, 0.2) is 0 Å². The number of sulfonamides is 1. The third-order valence-corrected chi connectivity index (χ3v) is 10.5. The quantitative estimate of drug-likeness (QED) is 0.262. The number of allylic oxidation sites excluding steroid dienone is 1. The molecule has 3 unspecified atom stereocenters. The molecule has 7 heteroatoms. The summed E-state index contributed by atoms with van der Waals surface area (Å²) >= 11 is 0. The minimum Gasteiger partial charge on any atom is -0.497 e. The number of carbonyl (C=O) groups excluding carboxylic acids is 1. The molecule has 1 aliphatic heterocycles. The zero-order valence-electron chi connectivity index (χ0n) is 22.4. The topological polar surface area (TPSA) is 77.4 Å². The summed E-state index contributed by atoms with van der Waals surface area (Å²) in [5.74, 6) is 0.534. The predicted molar refractivity (Wildman–Crippen MR) is 158 cm³/mol. The molecular weight excluding hydrogens is 508 g/mol. The van der Waals surface area contributed by atoms with E-state index in [0.29, 0.717) is 24.4 Å². The first-order valence-corrected chi connectivity index (χ1v) is 14.9. The number of carbonyl (C=O) groups is 1. The fourth-order valence-corrected chi connectivity index (χ4v) is 7.03. The van der Waals surface area contributed by atoms with Crippen LogP contribution in [-0.2, 0) is 16.6 Å². The SMILES string of the molecule is C=CC12CC1c1cc(OC)ccc1-c1c(-c3ccccc3)c3ccc(C(=O)NS(=O)(=O)C(C)CC)cc3n1C2.[HH]. The van der Waals surface area contributed by atoms with Crippen LogP contribution in [0.5, 0.6) is 5.75 Å². The Hall–Kier alpha value is -3.84. The van der Waals surface area contributed by atoms with Crippen molar-refractivity contribution in [2.45, 2.75) is 44.4 Å². The van der Waals surface area contributed by atoms with E-state index in [-0.39, 0.29) is 6.84 Å². The average Bonchev–Trinajstić information content (AvgIpc) is 3.61. The van der Waals surface area contributed by atoms with Crippen molar-refractivity contribution in [3.05, 3.63) is 90.5 Å². The number of amides is 1. The molecule has 39 heavy (non-hydrogen) atoms. The minimum atomic E-state index is -3.77. The summed E-state index contributed by atoms with van der Waals surface area (Å²) in [7, 11) is -2.08. The molecule has 0 radical (unpaired) electrons. The molecule has 1 aliphatic carbocycles. The number of benzene rings is 3. The lowest BCUT2D eigenvalue weighted by Gasteiger charge is -2.16. The van der Waals surface area contributed by atoms with Gasteiger partial charge in [0.25, 0.3) is 5.91 Å². The molecule has 1 fully saturated rings. The van der Waals surface area contributed by atoms with Crippen LogP contribution in [0.15, 0.2) is 79.4 Å². The highest BCUT2D eigenvalue weighted by molar-refractivity contribution is 7.90. The number of ether oxygens (including phenoxy) is 1. The van der Waals surface area contributed by atoms with E-state index in [2.05, 4.69) is 46.2 Å². The zero-order chi connectivity index (χ0) is 27.5. The van der Waals surface area contributed by atoms with Crippen LogP contribution in [0.4, 0.5) is 0 Å². The van der Waals surface area contributed by atoms with Crippen LogP contribution in [0.1, 0.15) is 50.0 Å². The first-order valence-electron chi connectivity index (χ1n) is 13.3. The van der Waals surface area contributed by atoms with Gasteiger partial charge < -0.3 is 9.30 Å². The first-order chi connectivity index (χ1) is 18.7. The van der Waals surface area contributed by atoms with Gasteiger partial charge >= 0.3 is 0 Å². The summed E-state index contributed by atoms with van der Waals surface area (Å²) in [4.78, 5) is 13.2. The Kier molecular flexibility index (Phi) is 5.95. The van der Waals surface area contributed by atoms with E-state index in [1.165, 1.54) is 5.56 Å². The molecule has 4 aromatic rings. The molecule has 1 N–H and O–H groups in total. The van der Waals surface area contributed by atoms with Gasteiger partial charge in [-0.1, -0.05) is 49.4 Å². The molecular formula is C32H34N2O4S. The second-order valence-corrected chi connectivity index (χ2v) is 12.8. The third-order valence-electron chi connectivity index (χ3n) is 8.60. The largest absolute Gasteiger partial charge is 0.497 e. The Labute approximate surface area is 230 Å². The Balaban J connectivity index is 0.00000323. The summed E-state index contributed by atoms with van der Waals surface area (Å²) in [5, 5.41) is 0.352. The number of nitrogens with zero attached hydrogens (tertiary/aromatic N) is 1. The number of nitrogens with one attached hydrogen (secondary N) is 1. The van der Waals surface area contributed by atoms with E-state index in [4.69, 9.17) is 4.74 Å². The molecule has 6 nitrogen and oxygen atoms in total. The number of fused-ring (bicyclic) bond motifs is 7. The zero-order valence-corrected chi connectivity index (χ0v) is 23.2. The minimum absolute atomic E-state index is 0. The molecule has 3 aromatic carbocycles. The fraction of sp³-hybridized carbons (Fsp3) is 0.281. The maximum atomic E-state index is 13.2. The molecule has 0 saturated heterocycles. The lowest BCUT2D eigenvalue weighted by Crippen LogP contribution is -2.36. The van der Waals surface area contributed by atoms with Crippen LogP contribution in [0, 0.1) is 5.41 Å². The monoisotopic (exact) mass is 542 g/mol. The third kappa shape index (κ3) is 3.98. The molecule has 1 amide bonds. The molecule has 3 atom stereocenters. The summed E-state index contributed by atoms with van der Waals surface area (Å²) in [5.41, 5.74) is 6.75. The van der Waals surface area contributed by atoms with E-state index < -0.39 is 21.2 Å². The summed E-state index contributed by atoms with van der Waals surface area (Å²) in [6.07, 6.45) is 3.48. The van der Waals surface area contributed by atoms with Gasteiger partial charge in [-0.05, 0) is 67.1 Å². The lowest BCUT2D eigenvalue weighted by atomic mass is 9.92. The number of hydrogen-bond donors (Lipinski definition) is 1. The standard InChI is InChI=1S/C32H32N2O4S.H2/c1-5-20(3)39(36,37)33-31(35)22-12-14-25-28(16-22)34-19-32(6-2)18-27(32)26-17-23(38-4)13-15-24(26)30(34)29(25)21-10-8-7-9-11-21;/h6-17,20,27H,2,5,18-19H2,1,3-4H3,(H,33,35);1H. The van der Waals surface area contributed by atoms with Crippen LogP contribution in [0.25, 0.3) is 33.3 Å². The van der Waals surface area contributed by atoms with Gasteiger partial charge in [0, 0.05) is 41.0 Å². The molecule has 1 aromatic heterocycles. The van der Waals surface area contributed by atoms with Crippen LogP contribution in [0.2, 0.25) is 0 Å². The Morgan fingerprint density at radius 2 is 1.97 bits per heavy atom. The highest BCUT2D eigenvalue weighted by atomic mass is 32.2. The van der Waals surface area contributed by atoms with Crippen molar-refractivity contribution in [1.82, 2.24) is 9.29 Å². The summed E-state index contributed by atoms with van der Waals surface area (Å²) in [6, 6.07) is 22.0.